The summed E-state index contributed by atoms with van der Waals surface area (Å²) in [6, 6.07) is 17.9. The second kappa shape index (κ2) is 8.69. The third-order valence-electron chi connectivity index (χ3n) is 5.12. The molecule has 1 amide bonds. The van der Waals surface area contributed by atoms with E-state index in [0.29, 0.717) is 11.8 Å². The predicted molar refractivity (Wildman–Crippen MR) is 115 cm³/mol. The van der Waals surface area contributed by atoms with Crippen LogP contribution in [0.1, 0.15) is 36.6 Å². The largest absolute Gasteiger partial charge is 0.497 e. The predicted octanol–water partition coefficient (Wildman–Crippen LogP) is 4.31. The fourth-order valence-electron chi connectivity index (χ4n) is 3.53. The SMILES string of the molecule is CCn1c(SCC(=O)Nc2ccc(OC)cc2)nnc1C1CC1c1ccccc1. The van der Waals surface area contributed by atoms with Gasteiger partial charge in [-0.15, -0.1) is 10.2 Å². The van der Waals surface area contributed by atoms with E-state index in [-0.39, 0.29) is 11.7 Å². The highest BCUT2D eigenvalue weighted by Gasteiger charge is 2.43. The maximum absolute atomic E-state index is 12.3. The second-order valence-electron chi connectivity index (χ2n) is 7.01. The number of benzene rings is 2. The number of carbonyl (C=O) groups is 1. The van der Waals surface area contributed by atoms with E-state index in [0.717, 1.165) is 35.4 Å². The summed E-state index contributed by atoms with van der Waals surface area (Å²) >= 11 is 1.42. The van der Waals surface area contributed by atoms with Crippen molar-refractivity contribution in [3.8, 4) is 5.75 Å². The van der Waals surface area contributed by atoms with Gasteiger partial charge in [-0.2, -0.15) is 0 Å². The van der Waals surface area contributed by atoms with Gasteiger partial charge in [0.15, 0.2) is 5.16 Å². The molecule has 7 heteroatoms. The Morgan fingerprint density at radius 1 is 1.14 bits per heavy atom. The van der Waals surface area contributed by atoms with Crippen LogP contribution in [0, 0.1) is 0 Å². The molecule has 4 rings (SSSR count). The van der Waals surface area contributed by atoms with Gasteiger partial charge in [0, 0.05) is 18.2 Å². The van der Waals surface area contributed by atoms with E-state index in [1.165, 1.54) is 17.3 Å². The van der Waals surface area contributed by atoms with E-state index in [2.05, 4.69) is 51.3 Å². The van der Waals surface area contributed by atoms with Crippen molar-refractivity contribution in [2.24, 2.45) is 0 Å². The number of anilines is 1. The zero-order valence-corrected chi connectivity index (χ0v) is 17.4. The van der Waals surface area contributed by atoms with Crippen LogP contribution < -0.4 is 10.1 Å². The molecule has 1 aromatic heterocycles. The molecule has 29 heavy (non-hydrogen) atoms. The molecule has 1 heterocycles. The number of methoxy groups -OCH3 is 1. The third-order valence-corrected chi connectivity index (χ3v) is 6.08. The fourth-order valence-corrected chi connectivity index (χ4v) is 4.34. The topological polar surface area (TPSA) is 69.0 Å². The molecule has 1 aliphatic carbocycles. The number of hydrogen-bond acceptors (Lipinski definition) is 5. The minimum absolute atomic E-state index is 0.0686. The molecule has 2 unspecified atom stereocenters. The Balaban J connectivity index is 1.36. The quantitative estimate of drug-likeness (QED) is 0.563. The molecule has 2 aromatic carbocycles. The van der Waals surface area contributed by atoms with Crippen molar-refractivity contribution in [1.82, 2.24) is 14.8 Å². The van der Waals surface area contributed by atoms with Crippen molar-refractivity contribution in [2.75, 3.05) is 18.2 Å². The number of amides is 1. The van der Waals surface area contributed by atoms with E-state index in [9.17, 15) is 4.79 Å². The van der Waals surface area contributed by atoms with Crippen molar-refractivity contribution < 1.29 is 9.53 Å². The number of carbonyl (C=O) groups excluding carboxylic acids is 1. The molecule has 6 nitrogen and oxygen atoms in total. The Hall–Kier alpha value is -2.80. The fraction of sp³-hybridized carbons (Fsp3) is 0.318. The molecule has 2 atom stereocenters. The van der Waals surface area contributed by atoms with Crippen LogP contribution in [0.5, 0.6) is 5.75 Å². The lowest BCUT2D eigenvalue weighted by Crippen LogP contribution is -2.14. The highest BCUT2D eigenvalue weighted by atomic mass is 32.2. The first-order valence-electron chi connectivity index (χ1n) is 9.74. The van der Waals surface area contributed by atoms with E-state index in [4.69, 9.17) is 4.74 Å². The Morgan fingerprint density at radius 2 is 1.90 bits per heavy atom. The summed E-state index contributed by atoms with van der Waals surface area (Å²) in [5, 5.41) is 12.5. The Kier molecular flexibility index (Phi) is 5.85. The number of rotatable bonds is 8. The zero-order chi connectivity index (χ0) is 20.2. The minimum atomic E-state index is -0.0686. The number of thioether (sulfide) groups is 1. The van der Waals surface area contributed by atoms with Crippen LogP contribution in [0.2, 0.25) is 0 Å². The van der Waals surface area contributed by atoms with Crippen molar-refractivity contribution >= 4 is 23.4 Å². The van der Waals surface area contributed by atoms with Crippen LogP contribution in [-0.2, 0) is 11.3 Å². The maximum atomic E-state index is 12.3. The molecule has 0 bridgehead atoms. The van der Waals surface area contributed by atoms with Gasteiger partial charge in [-0.1, -0.05) is 42.1 Å². The van der Waals surface area contributed by atoms with Gasteiger partial charge in [0.25, 0.3) is 0 Å². The average Bonchev–Trinajstić information content (AvgIpc) is 3.45. The first kappa shape index (κ1) is 19.5. The van der Waals surface area contributed by atoms with Gasteiger partial charge < -0.3 is 14.6 Å². The Labute approximate surface area is 174 Å². The molecular weight excluding hydrogens is 384 g/mol. The van der Waals surface area contributed by atoms with Crippen molar-refractivity contribution in [3.63, 3.8) is 0 Å². The van der Waals surface area contributed by atoms with Gasteiger partial charge in [-0.3, -0.25) is 4.79 Å². The summed E-state index contributed by atoms with van der Waals surface area (Å²) in [5.41, 5.74) is 2.11. The molecule has 0 aliphatic heterocycles. The molecule has 0 spiro atoms. The van der Waals surface area contributed by atoms with Gasteiger partial charge in [0.2, 0.25) is 5.91 Å². The summed E-state index contributed by atoms with van der Waals surface area (Å²) in [6.07, 6.45) is 1.10. The highest BCUT2D eigenvalue weighted by molar-refractivity contribution is 7.99. The monoisotopic (exact) mass is 408 g/mol. The Bertz CT molecular complexity index is 972. The molecule has 1 N–H and O–H groups in total. The molecule has 1 saturated carbocycles. The summed E-state index contributed by atoms with van der Waals surface area (Å²) in [4.78, 5) is 12.3. The summed E-state index contributed by atoms with van der Waals surface area (Å²) < 4.78 is 7.27. The molecule has 3 aromatic rings. The van der Waals surface area contributed by atoms with Crippen LogP contribution in [-0.4, -0.2) is 33.5 Å². The zero-order valence-electron chi connectivity index (χ0n) is 16.5. The first-order valence-corrected chi connectivity index (χ1v) is 10.7. The van der Waals surface area contributed by atoms with Crippen molar-refractivity contribution in [1.29, 1.82) is 0 Å². The minimum Gasteiger partial charge on any atom is -0.497 e. The van der Waals surface area contributed by atoms with Crippen LogP contribution in [0.15, 0.2) is 59.8 Å². The van der Waals surface area contributed by atoms with Gasteiger partial charge in [-0.05, 0) is 49.1 Å². The second-order valence-corrected chi connectivity index (χ2v) is 7.95. The summed E-state index contributed by atoms with van der Waals surface area (Å²) in [7, 11) is 1.62. The number of hydrogen-bond donors (Lipinski definition) is 1. The van der Waals surface area contributed by atoms with Crippen LogP contribution in [0.3, 0.4) is 0 Å². The normalized spacial score (nSPS) is 17.7. The number of nitrogens with zero attached hydrogens (tertiary/aromatic N) is 3. The van der Waals surface area contributed by atoms with E-state index in [1.807, 2.05) is 30.3 Å². The van der Waals surface area contributed by atoms with Crippen molar-refractivity contribution in [2.45, 2.75) is 36.9 Å². The van der Waals surface area contributed by atoms with E-state index in [1.54, 1.807) is 7.11 Å². The van der Waals surface area contributed by atoms with E-state index >= 15 is 0 Å². The van der Waals surface area contributed by atoms with Gasteiger partial charge >= 0.3 is 0 Å². The lowest BCUT2D eigenvalue weighted by Gasteiger charge is -2.08. The number of nitrogens with one attached hydrogen (secondary N) is 1. The number of aromatic nitrogens is 3. The highest BCUT2D eigenvalue weighted by Crippen LogP contribution is 2.54. The smallest absolute Gasteiger partial charge is 0.234 e. The van der Waals surface area contributed by atoms with Crippen LogP contribution in [0.25, 0.3) is 0 Å². The van der Waals surface area contributed by atoms with Gasteiger partial charge in [-0.25, -0.2) is 0 Å². The van der Waals surface area contributed by atoms with Crippen LogP contribution >= 0.6 is 11.8 Å². The molecule has 150 valence electrons. The average molecular weight is 409 g/mol. The summed E-state index contributed by atoms with van der Waals surface area (Å²) in [6.45, 7) is 2.89. The molecule has 0 saturated heterocycles. The molecule has 1 aliphatic rings. The standard InChI is InChI=1S/C22H24N4O2S/c1-3-26-21(19-13-18(19)15-7-5-4-6-8-15)24-25-22(26)29-14-20(27)23-16-9-11-17(28-2)12-10-16/h4-12,18-19H,3,13-14H2,1-2H3,(H,23,27). The van der Waals surface area contributed by atoms with Crippen LogP contribution in [0.4, 0.5) is 5.69 Å². The molecular formula is C22H24N4O2S. The van der Waals surface area contributed by atoms with E-state index < -0.39 is 0 Å². The Morgan fingerprint density at radius 3 is 2.59 bits per heavy atom. The lowest BCUT2D eigenvalue weighted by atomic mass is 10.1. The van der Waals surface area contributed by atoms with Gasteiger partial charge in [0.05, 0.1) is 12.9 Å². The lowest BCUT2D eigenvalue weighted by molar-refractivity contribution is -0.113. The number of ether oxygens (including phenoxy) is 1. The van der Waals surface area contributed by atoms with Gasteiger partial charge in [0.1, 0.15) is 11.6 Å². The molecule has 0 radical (unpaired) electrons. The molecule has 1 fully saturated rings. The van der Waals surface area contributed by atoms with Crippen molar-refractivity contribution in [3.05, 3.63) is 66.0 Å². The first-order chi connectivity index (χ1) is 14.2. The maximum Gasteiger partial charge on any atom is 0.234 e. The third kappa shape index (κ3) is 4.45. The summed E-state index contributed by atoms with van der Waals surface area (Å²) in [5.74, 6) is 2.93.